The first-order chi connectivity index (χ1) is 10.1. The van der Waals surface area contributed by atoms with Gasteiger partial charge in [0.1, 0.15) is 0 Å². The van der Waals surface area contributed by atoms with Crippen molar-refractivity contribution in [1.29, 1.82) is 0 Å². The van der Waals surface area contributed by atoms with Crippen LogP contribution in [-0.4, -0.2) is 39.2 Å². The van der Waals surface area contributed by atoms with Gasteiger partial charge in [0.2, 0.25) is 11.7 Å². The Morgan fingerprint density at radius 1 is 1.57 bits per heavy atom. The van der Waals surface area contributed by atoms with E-state index in [0.29, 0.717) is 37.0 Å². The molecule has 1 saturated heterocycles. The van der Waals surface area contributed by atoms with Gasteiger partial charge < -0.3 is 14.0 Å². The third-order valence-electron chi connectivity index (χ3n) is 3.86. The highest BCUT2D eigenvalue weighted by Gasteiger charge is 2.38. The van der Waals surface area contributed by atoms with E-state index in [9.17, 15) is 9.90 Å². The zero-order chi connectivity index (χ0) is 14.9. The fourth-order valence-electron chi connectivity index (χ4n) is 2.67. The molecule has 0 saturated carbocycles. The minimum Gasteiger partial charge on any atom is -0.481 e. The maximum absolute atomic E-state index is 11.3. The molecule has 1 atom stereocenters. The van der Waals surface area contributed by atoms with Crippen LogP contribution >= 0.6 is 0 Å². The minimum atomic E-state index is -0.756. The predicted octanol–water partition coefficient (Wildman–Crippen LogP) is 2.02. The van der Waals surface area contributed by atoms with E-state index >= 15 is 0 Å². The van der Waals surface area contributed by atoms with Crippen molar-refractivity contribution in [2.45, 2.75) is 26.3 Å². The van der Waals surface area contributed by atoms with Gasteiger partial charge in [0, 0.05) is 6.54 Å². The number of carboxylic acids is 1. The van der Waals surface area contributed by atoms with Crippen molar-refractivity contribution >= 4 is 5.97 Å². The molecule has 7 heteroatoms. The van der Waals surface area contributed by atoms with Gasteiger partial charge >= 0.3 is 5.97 Å². The first kappa shape index (κ1) is 13.8. The van der Waals surface area contributed by atoms with Gasteiger partial charge in [-0.3, -0.25) is 9.69 Å². The number of aromatic nitrogens is 2. The summed E-state index contributed by atoms with van der Waals surface area (Å²) in [7, 11) is 0. The van der Waals surface area contributed by atoms with Gasteiger partial charge in [0.25, 0.3) is 0 Å². The smallest absolute Gasteiger partial charge is 0.310 e. The summed E-state index contributed by atoms with van der Waals surface area (Å²) < 4.78 is 10.4. The van der Waals surface area contributed by atoms with Gasteiger partial charge in [0.15, 0.2) is 5.76 Å². The molecule has 2 aromatic heterocycles. The maximum Gasteiger partial charge on any atom is 0.310 e. The Morgan fingerprint density at radius 2 is 2.43 bits per heavy atom. The third kappa shape index (κ3) is 2.82. The molecule has 1 N–H and O–H groups in total. The molecule has 1 unspecified atom stereocenters. The SMILES string of the molecule is CC1(C(=O)O)CCCN(Cc2nc(-c3ccco3)no2)C1. The standard InChI is InChI=1S/C14H17N3O4/c1-14(13(18)19)5-3-6-17(9-14)8-11-15-12(16-21-11)10-4-2-7-20-10/h2,4,7H,3,5-6,8-9H2,1H3,(H,18,19). The number of hydrogen-bond donors (Lipinski definition) is 1. The Balaban J connectivity index is 1.68. The van der Waals surface area contributed by atoms with E-state index in [-0.39, 0.29) is 0 Å². The Bertz CT molecular complexity index is 622. The second-order valence-corrected chi connectivity index (χ2v) is 5.67. The van der Waals surface area contributed by atoms with Gasteiger partial charge in [-0.2, -0.15) is 4.98 Å². The molecule has 0 spiro atoms. The molecular weight excluding hydrogens is 274 g/mol. The molecule has 0 bridgehead atoms. The lowest BCUT2D eigenvalue weighted by Crippen LogP contribution is -2.45. The van der Waals surface area contributed by atoms with E-state index in [1.807, 2.05) is 4.90 Å². The first-order valence-electron chi connectivity index (χ1n) is 6.89. The molecule has 3 rings (SSSR count). The molecule has 2 aromatic rings. The highest BCUT2D eigenvalue weighted by molar-refractivity contribution is 5.74. The van der Waals surface area contributed by atoms with Crippen LogP contribution < -0.4 is 0 Å². The molecule has 0 amide bonds. The first-order valence-corrected chi connectivity index (χ1v) is 6.89. The fourth-order valence-corrected chi connectivity index (χ4v) is 2.67. The number of nitrogens with zero attached hydrogens (tertiary/aromatic N) is 3. The van der Waals surface area contributed by atoms with E-state index in [1.165, 1.54) is 0 Å². The quantitative estimate of drug-likeness (QED) is 0.921. The van der Waals surface area contributed by atoms with E-state index in [4.69, 9.17) is 8.94 Å². The van der Waals surface area contributed by atoms with Gasteiger partial charge in [-0.05, 0) is 38.4 Å². The van der Waals surface area contributed by atoms with Crippen LogP contribution in [0.5, 0.6) is 0 Å². The summed E-state index contributed by atoms with van der Waals surface area (Å²) in [6.45, 7) is 3.56. The van der Waals surface area contributed by atoms with Crippen LogP contribution in [0.4, 0.5) is 0 Å². The Hall–Kier alpha value is -2.15. The van der Waals surface area contributed by atoms with Crippen molar-refractivity contribution in [3.8, 4) is 11.6 Å². The molecule has 112 valence electrons. The molecule has 0 aliphatic carbocycles. The summed E-state index contributed by atoms with van der Waals surface area (Å²) in [5, 5.41) is 13.2. The number of carboxylic acid groups (broad SMARTS) is 1. The lowest BCUT2D eigenvalue weighted by atomic mass is 9.82. The van der Waals surface area contributed by atoms with Gasteiger partial charge in [-0.15, -0.1) is 0 Å². The van der Waals surface area contributed by atoms with Crippen molar-refractivity contribution in [2.24, 2.45) is 5.41 Å². The summed E-state index contributed by atoms with van der Waals surface area (Å²) in [5.74, 6) is 0.678. The van der Waals surface area contributed by atoms with Gasteiger partial charge in [0.05, 0.1) is 18.2 Å². The molecule has 3 heterocycles. The van der Waals surface area contributed by atoms with E-state index in [1.54, 1.807) is 25.3 Å². The number of furan rings is 1. The molecule has 1 fully saturated rings. The second-order valence-electron chi connectivity index (χ2n) is 5.67. The van der Waals surface area contributed by atoms with E-state index in [0.717, 1.165) is 13.0 Å². The lowest BCUT2D eigenvalue weighted by Gasteiger charge is -2.36. The number of hydrogen-bond acceptors (Lipinski definition) is 6. The molecule has 7 nitrogen and oxygen atoms in total. The van der Waals surface area contributed by atoms with E-state index in [2.05, 4.69) is 10.1 Å². The van der Waals surface area contributed by atoms with Crippen molar-refractivity contribution in [2.75, 3.05) is 13.1 Å². The number of rotatable bonds is 4. The topological polar surface area (TPSA) is 92.6 Å². The summed E-state index contributed by atoms with van der Waals surface area (Å²) in [6, 6.07) is 3.52. The van der Waals surface area contributed by atoms with Crippen LogP contribution in [0.25, 0.3) is 11.6 Å². The minimum absolute atomic E-state index is 0.410. The lowest BCUT2D eigenvalue weighted by molar-refractivity contribution is -0.151. The van der Waals surface area contributed by atoms with Gasteiger partial charge in [-0.25, -0.2) is 0 Å². The predicted molar refractivity (Wildman–Crippen MR) is 72.3 cm³/mol. The van der Waals surface area contributed by atoms with Crippen LogP contribution in [0.1, 0.15) is 25.7 Å². The van der Waals surface area contributed by atoms with Crippen LogP contribution in [0.2, 0.25) is 0 Å². The molecule has 0 radical (unpaired) electrons. The highest BCUT2D eigenvalue weighted by Crippen LogP contribution is 2.30. The molecule has 1 aliphatic rings. The van der Waals surface area contributed by atoms with Crippen molar-refractivity contribution in [3.63, 3.8) is 0 Å². The van der Waals surface area contributed by atoms with Crippen LogP contribution in [-0.2, 0) is 11.3 Å². The van der Waals surface area contributed by atoms with Crippen molar-refractivity contribution < 1.29 is 18.8 Å². The van der Waals surface area contributed by atoms with Crippen molar-refractivity contribution in [1.82, 2.24) is 15.0 Å². The molecular formula is C14H17N3O4. The second kappa shape index (κ2) is 5.33. The zero-order valence-electron chi connectivity index (χ0n) is 11.8. The molecule has 1 aliphatic heterocycles. The normalized spacial score (nSPS) is 23.3. The summed E-state index contributed by atoms with van der Waals surface area (Å²) in [6.07, 6.45) is 3.09. The van der Waals surface area contributed by atoms with E-state index < -0.39 is 11.4 Å². The fraction of sp³-hybridized carbons (Fsp3) is 0.500. The monoisotopic (exact) mass is 291 g/mol. The van der Waals surface area contributed by atoms with Crippen LogP contribution in [0.3, 0.4) is 0 Å². The van der Waals surface area contributed by atoms with Gasteiger partial charge in [-0.1, -0.05) is 5.16 Å². The third-order valence-corrected chi connectivity index (χ3v) is 3.86. The largest absolute Gasteiger partial charge is 0.481 e. The molecule has 0 aromatic carbocycles. The van der Waals surface area contributed by atoms with Crippen LogP contribution in [0, 0.1) is 5.41 Å². The number of carbonyl (C=O) groups is 1. The Morgan fingerprint density at radius 3 is 3.14 bits per heavy atom. The average Bonchev–Trinajstić information content (AvgIpc) is 3.08. The maximum atomic E-state index is 11.3. The number of likely N-dealkylation sites (tertiary alicyclic amines) is 1. The Kier molecular flexibility index (Phi) is 3.50. The average molecular weight is 291 g/mol. The summed E-state index contributed by atoms with van der Waals surface area (Å²) in [4.78, 5) is 17.7. The zero-order valence-corrected chi connectivity index (χ0v) is 11.8. The Labute approximate surface area is 121 Å². The summed E-state index contributed by atoms with van der Waals surface area (Å²) >= 11 is 0. The van der Waals surface area contributed by atoms with Crippen LogP contribution in [0.15, 0.2) is 27.3 Å². The molecule has 21 heavy (non-hydrogen) atoms. The number of piperidine rings is 1. The summed E-state index contributed by atoms with van der Waals surface area (Å²) in [5.41, 5.74) is -0.706. The number of aliphatic carboxylic acids is 1. The highest BCUT2D eigenvalue weighted by atomic mass is 16.5. The van der Waals surface area contributed by atoms with Crippen molar-refractivity contribution in [3.05, 3.63) is 24.3 Å².